The summed E-state index contributed by atoms with van der Waals surface area (Å²) in [5, 5.41) is 3.03. The van der Waals surface area contributed by atoms with Crippen molar-refractivity contribution in [2.75, 3.05) is 0 Å². The molecule has 0 radical (unpaired) electrons. The standard InChI is InChI=1S/C16H15P/c1-12-6-2-5-9-16(12)17-15-10-13-7-3-4-8-14(13)11-15/h2-10,17H,11H2,1H3. The molecule has 0 aromatic heterocycles. The molecule has 0 aliphatic heterocycles. The van der Waals surface area contributed by atoms with E-state index in [1.165, 1.54) is 22.0 Å². The molecule has 3 rings (SSSR count). The average Bonchev–Trinajstić information content (AvgIpc) is 2.74. The van der Waals surface area contributed by atoms with Crippen molar-refractivity contribution in [1.82, 2.24) is 0 Å². The molecule has 1 aliphatic carbocycles. The average molecular weight is 238 g/mol. The summed E-state index contributed by atoms with van der Waals surface area (Å²) in [5.41, 5.74) is 4.29. The topological polar surface area (TPSA) is 0 Å². The van der Waals surface area contributed by atoms with E-state index >= 15 is 0 Å². The summed E-state index contributed by atoms with van der Waals surface area (Å²) >= 11 is 0. The Balaban J connectivity index is 1.84. The van der Waals surface area contributed by atoms with Crippen LogP contribution in [0.5, 0.6) is 0 Å². The van der Waals surface area contributed by atoms with E-state index in [0.717, 1.165) is 15.0 Å². The molecule has 0 bridgehead atoms. The maximum absolute atomic E-state index is 2.36. The molecule has 0 amide bonds. The molecule has 0 saturated carbocycles. The second-order valence-corrected chi connectivity index (χ2v) is 5.92. The van der Waals surface area contributed by atoms with E-state index in [1.54, 1.807) is 5.31 Å². The van der Waals surface area contributed by atoms with Gasteiger partial charge < -0.3 is 0 Å². The lowest BCUT2D eigenvalue weighted by Gasteiger charge is -2.06. The van der Waals surface area contributed by atoms with Crippen molar-refractivity contribution in [1.29, 1.82) is 0 Å². The van der Waals surface area contributed by atoms with Gasteiger partial charge in [-0.25, -0.2) is 0 Å². The molecule has 0 nitrogen and oxygen atoms in total. The third-order valence-corrected chi connectivity index (χ3v) is 4.68. The maximum Gasteiger partial charge on any atom is -0.00145 e. The van der Waals surface area contributed by atoms with Crippen LogP contribution >= 0.6 is 8.58 Å². The predicted molar refractivity (Wildman–Crippen MR) is 77.3 cm³/mol. The number of fused-ring (bicyclic) bond motifs is 1. The molecule has 1 atom stereocenters. The molecule has 0 N–H and O–H groups in total. The summed E-state index contributed by atoms with van der Waals surface area (Å²) < 4.78 is 0. The van der Waals surface area contributed by atoms with E-state index in [4.69, 9.17) is 0 Å². The molecule has 0 heterocycles. The van der Waals surface area contributed by atoms with Crippen LogP contribution < -0.4 is 5.30 Å². The van der Waals surface area contributed by atoms with Crippen LogP contribution in [0.25, 0.3) is 6.08 Å². The monoisotopic (exact) mass is 238 g/mol. The van der Waals surface area contributed by atoms with Crippen molar-refractivity contribution in [2.45, 2.75) is 13.3 Å². The van der Waals surface area contributed by atoms with Crippen LogP contribution in [0, 0.1) is 6.92 Å². The lowest BCUT2D eigenvalue weighted by atomic mass is 10.1. The molecule has 1 aliphatic rings. The fourth-order valence-electron chi connectivity index (χ4n) is 2.25. The normalized spacial score (nSPS) is 14.1. The Bertz CT molecular complexity index is 582. The van der Waals surface area contributed by atoms with E-state index in [0.29, 0.717) is 0 Å². The molecule has 0 fully saturated rings. The smallest absolute Gasteiger partial charge is 0.00145 e. The third kappa shape index (κ3) is 2.18. The fraction of sp³-hybridized carbons (Fsp3) is 0.125. The fourth-order valence-corrected chi connectivity index (χ4v) is 3.56. The molecular weight excluding hydrogens is 223 g/mol. The van der Waals surface area contributed by atoms with Gasteiger partial charge in [0.25, 0.3) is 0 Å². The van der Waals surface area contributed by atoms with Crippen LogP contribution in [-0.2, 0) is 6.42 Å². The minimum Gasteiger partial charge on any atom is -0.0629 e. The van der Waals surface area contributed by atoms with Gasteiger partial charge in [-0.2, -0.15) is 0 Å². The quantitative estimate of drug-likeness (QED) is 0.696. The van der Waals surface area contributed by atoms with Crippen molar-refractivity contribution in [3.05, 3.63) is 70.5 Å². The van der Waals surface area contributed by atoms with E-state index in [2.05, 4.69) is 61.5 Å². The summed E-state index contributed by atoms with van der Waals surface area (Å²) in [6.45, 7) is 2.20. The van der Waals surface area contributed by atoms with Crippen molar-refractivity contribution in [3.63, 3.8) is 0 Å². The molecule has 1 heteroatoms. The molecule has 84 valence electrons. The number of rotatable bonds is 2. The number of benzene rings is 2. The number of hydrogen-bond acceptors (Lipinski definition) is 0. The van der Waals surface area contributed by atoms with Gasteiger partial charge in [-0.15, -0.1) is 0 Å². The zero-order valence-corrected chi connectivity index (χ0v) is 10.9. The summed E-state index contributed by atoms with van der Waals surface area (Å²) in [5.74, 6) is 0. The SMILES string of the molecule is Cc1ccccc1PC1=Cc2ccccc2C1. The van der Waals surface area contributed by atoms with Gasteiger partial charge in [0.2, 0.25) is 0 Å². The van der Waals surface area contributed by atoms with Crippen LogP contribution in [0.4, 0.5) is 0 Å². The van der Waals surface area contributed by atoms with Gasteiger partial charge in [-0.3, -0.25) is 0 Å². The van der Waals surface area contributed by atoms with Gasteiger partial charge >= 0.3 is 0 Å². The highest BCUT2D eigenvalue weighted by molar-refractivity contribution is 7.52. The number of aryl methyl sites for hydroxylation is 1. The van der Waals surface area contributed by atoms with E-state index in [1.807, 2.05) is 0 Å². The van der Waals surface area contributed by atoms with Crippen LogP contribution in [0.2, 0.25) is 0 Å². The van der Waals surface area contributed by atoms with Crippen LogP contribution in [0.15, 0.2) is 53.8 Å². The van der Waals surface area contributed by atoms with Crippen LogP contribution in [-0.4, -0.2) is 0 Å². The Kier molecular flexibility index (Phi) is 2.82. The molecule has 2 aromatic rings. The van der Waals surface area contributed by atoms with Gasteiger partial charge in [0, 0.05) is 0 Å². The number of allylic oxidation sites excluding steroid dienone is 1. The maximum atomic E-state index is 2.36. The van der Waals surface area contributed by atoms with E-state index in [9.17, 15) is 0 Å². The predicted octanol–water partition coefficient (Wildman–Crippen LogP) is 3.90. The van der Waals surface area contributed by atoms with Crippen LogP contribution in [0.1, 0.15) is 16.7 Å². The minimum absolute atomic E-state index is 0.814. The molecular formula is C16H15P. The Labute approximate surface area is 104 Å². The lowest BCUT2D eigenvalue weighted by molar-refractivity contribution is 1.29. The third-order valence-electron chi connectivity index (χ3n) is 3.21. The zero-order chi connectivity index (χ0) is 11.7. The summed E-state index contributed by atoms with van der Waals surface area (Å²) in [6.07, 6.45) is 3.49. The zero-order valence-electron chi connectivity index (χ0n) is 9.90. The molecule has 1 unspecified atom stereocenters. The van der Waals surface area contributed by atoms with E-state index < -0.39 is 0 Å². The summed E-state index contributed by atoms with van der Waals surface area (Å²) in [6, 6.07) is 17.4. The van der Waals surface area contributed by atoms with Crippen molar-refractivity contribution >= 4 is 20.0 Å². The first-order chi connectivity index (χ1) is 8.33. The second kappa shape index (κ2) is 4.47. The van der Waals surface area contributed by atoms with Crippen molar-refractivity contribution in [3.8, 4) is 0 Å². The molecule has 0 spiro atoms. The minimum atomic E-state index is 0.814. The second-order valence-electron chi connectivity index (χ2n) is 4.49. The highest BCUT2D eigenvalue weighted by Gasteiger charge is 2.12. The highest BCUT2D eigenvalue weighted by atomic mass is 31.1. The van der Waals surface area contributed by atoms with Crippen LogP contribution in [0.3, 0.4) is 0 Å². The first-order valence-corrected chi connectivity index (χ1v) is 6.94. The number of hydrogen-bond donors (Lipinski definition) is 0. The lowest BCUT2D eigenvalue weighted by Crippen LogP contribution is -1.99. The highest BCUT2D eigenvalue weighted by Crippen LogP contribution is 2.35. The summed E-state index contributed by atoms with van der Waals surface area (Å²) in [4.78, 5) is 0. The van der Waals surface area contributed by atoms with Gasteiger partial charge in [-0.1, -0.05) is 63.2 Å². The van der Waals surface area contributed by atoms with Gasteiger partial charge in [0.15, 0.2) is 0 Å². The Morgan fingerprint density at radius 1 is 0.941 bits per heavy atom. The van der Waals surface area contributed by atoms with Gasteiger partial charge in [0.1, 0.15) is 0 Å². The molecule has 0 saturated heterocycles. The van der Waals surface area contributed by atoms with Crippen molar-refractivity contribution < 1.29 is 0 Å². The largest absolute Gasteiger partial charge is 0.0629 e. The Hall–Kier alpha value is -1.39. The Morgan fingerprint density at radius 3 is 2.53 bits per heavy atom. The van der Waals surface area contributed by atoms with Gasteiger partial charge in [0.05, 0.1) is 0 Å². The summed E-state index contributed by atoms with van der Waals surface area (Å²) in [7, 11) is 0.814. The van der Waals surface area contributed by atoms with Gasteiger partial charge in [-0.05, 0) is 40.7 Å². The Morgan fingerprint density at radius 2 is 1.71 bits per heavy atom. The first kappa shape index (κ1) is 10.7. The van der Waals surface area contributed by atoms with E-state index in [-0.39, 0.29) is 0 Å². The van der Waals surface area contributed by atoms with Crippen molar-refractivity contribution in [2.24, 2.45) is 0 Å². The first-order valence-electron chi connectivity index (χ1n) is 5.94. The molecule has 2 aromatic carbocycles. The molecule has 17 heavy (non-hydrogen) atoms.